The molecule has 0 aliphatic rings. The van der Waals surface area contributed by atoms with Gasteiger partial charge in [0.05, 0.1) is 5.38 Å². The van der Waals surface area contributed by atoms with E-state index in [9.17, 15) is 4.79 Å². The zero-order chi connectivity index (χ0) is 11.4. The molecular formula is C11H13Cl2NO. The van der Waals surface area contributed by atoms with Crippen molar-refractivity contribution in [3.05, 3.63) is 34.9 Å². The summed E-state index contributed by atoms with van der Waals surface area (Å²) in [5.74, 6) is -0.155. The van der Waals surface area contributed by atoms with E-state index in [4.69, 9.17) is 23.2 Å². The number of carbonyl (C=O) groups excluding carboxylic acids is 1. The molecule has 1 aromatic rings. The number of hydrogen-bond acceptors (Lipinski definition) is 1. The van der Waals surface area contributed by atoms with E-state index in [0.29, 0.717) is 10.6 Å². The molecule has 1 N–H and O–H groups in total. The monoisotopic (exact) mass is 245 g/mol. The van der Waals surface area contributed by atoms with E-state index in [1.807, 2.05) is 13.8 Å². The summed E-state index contributed by atoms with van der Waals surface area (Å²) >= 11 is 11.6. The second kappa shape index (κ2) is 5.38. The third kappa shape index (κ3) is 3.73. The maximum atomic E-state index is 11.7. The highest BCUT2D eigenvalue weighted by Gasteiger charge is 2.13. The summed E-state index contributed by atoms with van der Waals surface area (Å²) in [6.45, 7) is 3.70. The summed E-state index contributed by atoms with van der Waals surface area (Å²) in [6.07, 6.45) is 0. The van der Waals surface area contributed by atoms with E-state index in [-0.39, 0.29) is 17.3 Å². The van der Waals surface area contributed by atoms with Gasteiger partial charge in [-0.15, -0.1) is 11.6 Å². The summed E-state index contributed by atoms with van der Waals surface area (Å²) in [4.78, 5) is 11.7. The van der Waals surface area contributed by atoms with Crippen molar-refractivity contribution in [2.45, 2.75) is 25.3 Å². The highest BCUT2D eigenvalue weighted by atomic mass is 35.5. The number of halogens is 2. The Morgan fingerprint density at radius 3 is 2.60 bits per heavy atom. The van der Waals surface area contributed by atoms with E-state index in [0.717, 1.165) is 0 Å². The molecule has 0 saturated heterocycles. The van der Waals surface area contributed by atoms with Crippen molar-refractivity contribution in [1.29, 1.82) is 0 Å². The van der Waals surface area contributed by atoms with Crippen LogP contribution in [0.4, 0.5) is 0 Å². The minimum atomic E-state index is -0.155. The normalized spacial score (nSPS) is 14.4. The number of alkyl halides is 1. The molecule has 0 saturated carbocycles. The highest BCUT2D eigenvalue weighted by Crippen LogP contribution is 2.11. The van der Waals surface area contributed by atoms with E-state index in [1.54, 1.807) is 24.3 Å². The van der Waals surface area contributed by atoms with Crippen molar-refractivity contribution in [3.63, 3.8) is 0 Å². The maximum Gasteiger partial charge on any atom is 0.251 e. The van der Waals surface area contributed by atoms with E-state index in [1.165, 1.54) is 0 Å². The molecule has 0 aliphatic carbocycles. The van der Waals surface area contributed by atoms with Crippen molar-refractivity contribution in [1.82, 2.24) is 5.32 Å². The fourth-order valence-corrected chi connectivity index (χ4v) is 1.29. The Morgan fingerprint density at radius 2 is 2.07 bits per heavy atom. The van der Waals surface area contributed by atoms with Gasteiger partial charge in [-0.2, -0.15) is 0 Å². The predicted octanol–water partition coefficient (Wildman–Crippen LogP) is 3.09. The molecule has 2 nitrogen and oxygen atoms in total. The first-order valence-corrected chi connectivity index (χ1v) is 5.52. The van der Waals surface area contributed by atoms with Crippen LogP contribution in [-0.4, -0.2) is 17.3 Å². The van der Waals surface area contributed by atoms with Crippen molar-refractivity contribution < 1.29 is 4.79 Å². The van der Waals surface area contributed by atoms with Gasteiger partial charge < -0.3 is 5.32 Å². The van der Waals surface area contributed by atoms with Crippen molar-refractivity contribution in [2.24, 2.45) is 0 Å². The van der Waals surface area contributed by atoms with E-state index in [2.05, 4.69) is 5.32 Å². The smallest absolute Gasteiger partial charge is 0.251 e. The molecule has 1 amide bonds. The number of rotatable bonds is 3. The average Bonchev–Trinajstić information content (AvgIpc) is 2.17. The number of benzene rings is 1. The molecule has 82 valence electrons. The van der Waals surface area contributed by atoms with Crippen LogP contribution in [0.5, 0.6) is 0 Å². The molecule has 0 bridgehead atoms. The van der Waals surface area contributed by atoms with E-state index < -0.39 is 0 Å². The van der Waals surface area contributed by atoms with Gasteiger partial charge in [0.15, 0.2) is 0 Å². The van der Waals surface area contributed by atoms with Gasteiger partial charge in [-0.3, -0.25) is 4.79 Å². The number of nitrogens with one attached hydrogen (secondary N) is 1. The molecule has 0 fully saturated rings. The summed E-state index contributed by atoms with van der Waals surface area (Å²) < 4.78 is 0. The van der Waals surface area contributed by atoms with Crippen LogP contribution in [0.1, 0.15) is 24.2 Å². The molecular weight excluding hydrogens is 233 g/mol. The Labute approximate surface area is 99.6 Å². The molecule has 0 aliphatic heterocycles. The van der Waals surface area contributed by atoms with Gasteiger partial charge in [0.2, 0.25) is 0 Å². The predicted molar refractivity (Wildman–Crippen MR) is 63.7 cm³/mol. The fourth-order valence-electron chi connectivity index (χ4n) is 1.03. The molecule has 2 atom stereocenters. The third-order valence-electron chi connectivity index (χ3n) is 2.13. The fraction of sp³-hybridized carbons (Fsp3) is 0.364. The highest BCUT2D eigenvalue weighted by molar-refractivity contribution is 6.31. The molecule has 1 aromatic carbocycles. The summed E-state index contributed by atoms with van der Waals surface area (Å²) in [5.41, 5.74) is 0.548. The number of amides is 1. The number of hydrogen-bond donors (Lipinski definition) is 1. The van der Waals surface area contributed by atoms with Crippen molar-refractivity contribution >= 4 is 29.1 Å². The van der Waals surface area contributed by atoms with Crippen LogP contribution in [0.15, 0.2) is 24.3 Å². The Balaban J connectivity index is 2.69. The zero-order valence-corrected chi connectivity index (χ0v) is 10.1. The average molecular weight is 246 g/mol. The van der Waals surface area contributed by atoms with Crippen LogP contribution in [0.2, 0.25) is 5.02 Å². The van der Waals surface area contributed by atoms with Crippen LogP contribution in [-0.2, 0) is 0 Å². The lowest BCUT2D eigenvalue weighted by Gasteiger charge is -2.15. The lowest BCUT2D eigenvalue weighted by atomic mass is 10.2. The van der Waals surface area contributed by atoms with Gasteiger partial charge in [-0.1, -0.05) is 17.7 Å². The Hall–Kier alpha value is -0.730. The SMILES string of the molecule is CC(Cl)C(C)NC(=O)c1cccc(Cl)c1. The summed E-state index contributed by atoms with van der Waals surface area (Å²) in [7, 11) is 0. The van der Waals surface area contributed by atoms with Crippen LogP contribution < -0.4 is 5.32 Å². The Bertz CT molecular complexity index is 352. The van der Waals surface area contributed by atoms with Crippen molar-refractivity contribution in [2.75, 3.05) is 0 Å². The standard InChI is InChI=1S/C11H13Cl2NO/c1-7(12)8(2)14-11(15)9-4-3-5-10(13)6-9/h3-8H,1-2H3,(H,14,15). The molecule has 4 heteroatoms. The first-order chi connectivity index (χ1) is 7.00. The topological polar surface area (TPSA) is 29.1 Å². The quantitative estimate of drug-likeness (QED) is 0.816. The van der Waals surface area contributed by atoms with Gasteiger partial charge in [0.1, 0.15) is 0 Å². The lowest BCUT2D eigenvalue weighted by Crippen LogP contribution is -2.37. The summed E-state index contributed by atoms with van der Waals surface area (Å²) in [6, 6.07) is 6.74. The van der Waals surface area contributed by atoms with Gasteiger partial charge in [0, 0.05) is 16.6 Å². The second-order valence-electron chi connectivity index (χ2n) is 3.45. The maximum absolute atomic E-state index is 11.7. The third-order valence-corrected chi connectivity index (χ3v) is 2.75. The minimum Gasteiger partial charge on any atom is -0.348 e. The zero-order valence-electron chi connectivity index (χ0n) is 8.63. The van der Waals surface area contributed by atoms with Crippen LogP contribution >= 0.6 is 23.2 Å². The Kier molecular flexibility index (Phi) is 4.43. The van der Waals surface area contributed by atoms with Crippen LogP contribution in [0, 0.1) is 0 Å². The van der Waals surface area contributed by atoms with Gasteiger partial charge >= 0.3 is 0 Å². The van der Waals surface area contributed by atoms with Gasteiger partial charge in [0.25, 0.3) is 5.91 Å². The van der Waals surface area contributed by atoms with Crippen LogP contribution in [0.25, 0.3) is 0 Å². The van der Waals surface area contributed by atoms with Gasteiger partial charge in [-0.05, 0) is 32.0 Å². The molecule has 15 heavy (non-hydrogen) atoms. The molecule has 0 aromatic heterocycles. The summed E-state index contributed by atoms with van der Waals surface area (Å²) in [5, 5.41) is 3.24. The first-order valence-electron chi connectivity index (χ1n) is 4.71. The molecule has 0 spiro atoms. The number of carbonyl (C=O) groups is 1. The first kappa shape index (κ1) is 12.3. The second-order valence-corrected chi connectivity index (χ2v) is 4.57. The van der Waals surface area contributed by atoms with Gasteiger partial charge in [-0.25, -0.2) is 0 Å². The molecule has 2 unspecified atom stereocenters. The van der Waals surface area contributed by atoms with E-state index >= 15 is 0 Å². The van der Waals surface area contributed by atoms with Crippen LogP contribution in [0.3, 0.4) is 0 Å². The molecule has 0 radical (unpaired) electrons. The lowest BCUT2D eigenvalue weighted by molar-refractivity contribution is 0.0940. The molecule has 0 heterocycles. The largest absolute Gasteiger partial charge is 0.348 e. The Morgan fingerprint density at radius 1 is 1.40 bits per heavy atom. The van der Waals surface area contributed by atoms with Crippen molar-refractivity contribution in [3.8, 4) is 0 Å². The minimum absolute atomic E-state index is 0.0712. The molecule has 1 rings (SSSR count).